The zero-order valence-corrected chi connectivity index (χ0v) is 15.1. The van der Waals surface area contributed by atoms with E-state index in [1.54, 1.807) is 42.5 Å². The highest BCUT2D eigenvalue weighted by molar-refractivity contribution is 6.32. The first-order valence-corrected chi connectivity index (χ1v) is 8.42. The van der Waals surface area contributed by atoms with Crippen LogP contribution in [0.25, 0.3) is 17.1 Å². The Bertz CT molecular complexity index is 1070. The van der Waals surface area contributed by atoms with Crippen molar-refractivity contribution < 1.29 is 4.74 Å². The van der Waals surface area contributed by atoms with E-state index in [-0.39, 0.29) is 0 Å². The van der Waals surface area contributed by atoms with Crippen molar-refractivity contribution in [3.8, 4) is 22.8 Å². The summed E-state index contributed by atoms with van der Waals surface area (Å²) in [5.74, 6) is 1.74. The van der Waals surface area contributed by atoms with Crippen LogP contribution in [0.1, 0.15) is 0 Å². The fraction of sp³-hybridized carbons (Fsp3) is 0.0526. The van der Waals surface area contributed by atoms with Crippen LogP contribution >= 0.6 is 11.6 Å². The standard InChI is InChI=1S/C19H14ClN6O/c1-27-16-7-3-2-6-15(16)24-19-22-11-14(20)18(25-19)13-10-23-26(12-13)17-8-4-5-9-21-17/h2,4-12H,1H3,(H,22,24,25). The molecule has 133 valence electrons. The lowest BCUT2D eigenvalue weighted by Gasteiger charge is -2.10. The molecule has 1 radical (unpaired) electrons. The average Bonchev–Trinajstić information content (AvgIpc) is 3.20. The van der Waals surface area contributed by atoms with E-state index in [1.165, 1.54) is 0 Å². The molecule has 1 aromatic carbocycles. The molecular formula is C19H14ClN6O. The van der Waals surface area contributed by atoms with E-state index in [0.29, 0.717) is 28.2 Å². The zero-order chi connectivity index (χ0) is 18.6. The fourth-order valence-electron chi connectivity index (χ4n) is 2.50. The topological polar surface area (TPSA) is 77.8 Å². The van der Waals surface area contributed by atoms with Gasteiger partial charge in [-0.3, -0.25) is 0 Å². The van der Waals surface area contributed by atoms with E-state index in [4.69, 9.17) is 16.3 Å². The molecule has 0 saturated heterocycles. The van der Waals surface area contributed by atoms with Crippen molar-refractivity contribution >= 4 is 23.2 Å². The van der Waals surface area contributed by atoms with Crippen LogP contribution in [0.15, 0.2) is 61.2 Å². The van der Waals surface area contributed by atoms with Gasteiger partial charge in [-0.25, -0.2) is 19.6 Å². The number of methoxy groups -OCH3 is 1. The lowest BCUT2D eigenvalue weighted by Crippen LogP contribution is -2.00. The van der Waals surface area contributed by atoms with Crippen molar-refractivity contribution in [1.82, 2.24) is 24.7 Å². The number of hydrogen-bond donors (Lipinski definition) is 1. The molecule has 0 bridgehead atoms. The summed E-state index contributed by atoms with van der Waals surface area (Å²) < 4.78 is 6.98. The second-order valence-electron chi connectivity index (χ2n) is 5.50. The number of nitrogens with zero attached hydrogens (tertiary/aromatic N) is 5. The molecule has 7 nitrogen and oxygen atoms in total. The van der Waals surface area contributed by atoms with Crippen LogP contribution in [0.2, 0.25) is 5.02 Å². The highest BCUT2D eigenvalue weighted by atomic mass is 35.5. The maximum atomic E-state index is 6.31. The summed E-state index contributed by atoms with van der Waals surface area (Å²) in [5.41, 5.74) is 2.05. The molecule has 0 aliphatic rings. The van der Waals surface area contributed by atoms with Gasteiger partial charge in [-0.2, -0.15) is 5.10 Å². The minimum Gasteiger partial charge on any atom is -0.495 e. The van der Waals surface area contributed by atoms with E-state index < -0.39 is 0 Å². The van der Waals surface area contributed by atoms with Crippen molar-refractivity contribution in [3.05, 3.63) is 72.3 Å². The van der Waals surface area contributed by atoms with Crippen molar-refractivity contribution in [2.45, 2.75) is 0 Å². The van der Waals surface area contributed by atoms with E-state index >= 15 is 0 Å². The number of hydrogen-bond acceptors (Lipinski definition) is 6. The number of anilines is 2. The van der Waals surface area contributed by atoms with Gasteiger partial charge in [-0.15, -0.1) is 0 Å². The Morgan fingerprint density at radius 1 is 1.19 bits per heavy atom. The first-order valence-electron chi connectivity index (χ1n) is 8.04. The molecule has 8 heteroatoms. The minimum absolute atomic E-state index is 0.393. The smallest absolute Gasteiger partial charge is 0.227 e. The van der Waals surface area contributed by atoms with Crippen LogP contribution in [0.3, 0.4) is 0 Å². The summed E-state index contributed by atoms with van der Waals surface area (Å²) in [6.45, 7) is 0. The van der Waals surface area contributed by atoms with Crippen molar-refractivity contribution in [2.75, 3.05) is 12.4 Å². The molecule has 0 spiro atoms. The Labute approximate surface area is 160 Å². The number of halogens is 1. The van der Waals surface area contributed by atoms with Gasteiger partial charge in [0.2, 0.25) is 5.95 Å². The number of rotatable bonds is 5. The summed E-state index contributed by atoms with van der Waals surface area (Å²) in [6.07, 6.45) is 6.76. The molecule has 0 saturated carbocycles. The number of pyridine rings is 1. The van der Waals surface area contributed by atoms with Crippen molar-refractivity contribution in [2.24, 2.45) is 0 Å². The molecule has 0 aliphatic carbocycles. The van der Waals surface area contributed by atoms with E-state index in [1.807, 2.05) is 30.5 Å². The minimum atomic E-state index is 0.393. The Hall–Kier alpha value is -3.45. The van der Waals surface area contributed by atoms with Crippen LogP contribution in [-0.2, 0) is 0 Å². The molecular weight excluding hydrogens is 364 g/mol. The highest BCUT2D eigenvalue weighted by Crippen LogP contribution is 2.29. The van der Waals surface area contributed by atoms with Gasteiger partial charge in [0.25, 0.3) is 0 Å². The van der Waals surface area contributed by atoms with Gasteiger partial charge in [-0.05, 0) is 30.3 Å². The van der Waals surface area contributed by atoms with E-state index in [0.717, 1.165) is 11.3 Å². The molecule has 3 aromatic heterocycles. The molecule has 27 heavy (non-hydrogen) atoms. The number of aromatic nitrogens is 5. The number of nitrogens with one attached hydrogen (secondary N) is 1. The molecule has 4 rings (SSSR count). The zero-order valence-electron chi connectivity index (χ0n) is 14.3. The molecule has 4 aromatic rings. The summed E-state index contributed by atoms with van der Waals surface area (Å²) in [7, 11) is 1.59. The third-order valence-electron chi connectivity index (χ3n) is 3.78. The van der Waals surface area contributed by atoms with Crippen LogP contribution in [0.5, 0.6) is 5.75 Å². The molecule has 0 fully saturated rings. The third-order valence-corrected chi connectivity index (χ3v) is 4.05. The normalized spacial score (nSPS) is 10.6. The number of benzene rings is 1. The number of ether oxygens (including phenoxy) is 1. The maximum Gasteiger partial charge on any atom is 0.227 e. The van der Waals surface area contributed by atoms with Crippen LogP contribution in [0, 0.1) is 6.07 Å². The predicted octanol–water partition coefficient (Wildman–Crippen LogP) is 3.93. The van der Waals surface area contributed by atoms with Crippen LogP contribution < -0.4 is 10.1 Å². The van der Waals surface area contributed by atoms with Gasteiger partial charge in [0.05, 0.1) is 35.9 Å². The Morgan fingerprint density at radius 3 is 2.93 bits per heavy atom. The Morgan fingerprint density at radius 2 is 2.11 bits per heavy atom. The van der Waals surface area contributed by atoms with Gasteiger partial charge < -0.3 is 10.1 Å². The molecule has 3 heterocycles. The van der Waals surface area contributed by atoms with Gasteiger partial charge >= 0.3 is 0 Å². The SMILES string of the molecule is COc1c[c]ccc1Nc1ncc(Cl)c(-c2cnn(-c3ccccn3)c2)n1. The summed E-state index contributed by atoms with van der Waals surface area (Å²) >= 11 is 6.31. The quantitative estimate of drug-likeness (QED) is 0.567. The van der Waals surface area contributed by atoms with Crippen LogP contribution in [0.4, 0.5) is 11.6 Å². The van der Waals surface area contributed by atoms with Crippen molar-refractivity contribution in [3.63, 3.8) is 0 Å². The largest absolute Gasteiger partial charge is 0.495 e. The second kappa shape index (κ2) is 7.43. The van der Waals surface area contributed by atoms with Gasteiger partial charge in [-0.1, -0.05) is 23.7 Å². The molecule has 1 N–H and O–H groups in total. The van der Waals surface area contributed by atoms with E-state index in [2.05, 4.69) is 31.4 Å². The third kappa shape index (κ3) is 3.58. The summed E-state index contributed by atoms with van der Waals surface area (Å²) in [5, 5.41) is 7.89. The first-order chi connectivity index (χ1) is 13.2. The molecule has 0 aliphatic heterocycles. The Kier molecular flexibility index (Phi) is 4.67. The van der Waals surface area contributed by atoms with Crippen molar-refractivity contribution in [1.29, 1.82) is 0 Å². The lowest BCUT2D eigenvalue weighted by molar-refractivity contribution is 0.416. The van der Waals surface area contributed by atoms with E-state index in [9.17, 15) is 0 Å². The second-order valence-corrected chi connectivity index (χ2v) is 5.91. The summed E-state index contributed by atoms with van der Waals surface area (Å²) in [6, 6.07) is 13.9. The molecule has 0 atom stereocenters. The lowest BCUT2D eigenvalue weighted by atomic mass is 10.2. The molecule has 0 unspecified atom stereocenters. The van der Waals surface area contributed by atoms with Gasteiger partial charge in [0.1, 0.15) is 5.75 Å². The average molecular weight is 378 g/mol. The van der Waals surface area contributed by atoms with Gasteiger partial charge in [0, 0.05) is 18.0 Å². The molecule has 0 amide bonds. The predicted molar refractivity (Wildman–Crippen MR) is 103 cm³/mol. The monoisotopic (exact) mass is 377 g/mol. The highest BCUT2D eigenvalue weighted by Gasteiger charge is 2.12. The Balaban J connectivity index is 1.66. The maximum absolute atomic E-state index is 6.31. The van der Waals surface area contributed by atoms with Gasteiger partial charge in [0.15, 0.2) is 5.82 Å². The fourth-order valence-corrected chi connectivity index (χ4v) is 2.70. The summed E-state index contributed by atoms with van der Waals surface area (Å²) in [4.78, 5) is 13.0. The first kappa shape index (κ1) is 17.0. The van der Waals surface area contributed by atoms with Crippen LogP contribution in [-0.4, -0.2) is 31.8 Å².